The highest BCUT2D eigenvalue weighted by Crippen LogP contribution is 2.38. The summed E-state index contributed by atoms with van der Waals surface area (Å²) in [4.78, 5) is 4.01. The molecule has 1 aromatic heterocycles. The Morgan fingerprint density at radius 2 is 1.90 bits per heavy atom. The van der Waals surface area contributed by atoms with Crippen molar-refractivity contribution in [2.24, 2.45) is 5.73 Å². The number of benzene rings is 1. The lowest BCUT2D eigenvalue weighted by atomic mass is 10.1. The molecule has 6 heteroatoms. The third-order valence-corrected chi connectivity index (χ3v) is 2.79. The fraction of sp³-hybridized carbons (Fsp3) is 0.267. The molecule has 2 rings (SSSR count). The van der Waals surface area contributed by atoms with Crippen molar-refractivity contribution in [2.75, 3.05) is 0 Å². The number of ether oxygens (including phenoxy) is 1. The van der Waals surface area contributed by atoms with Gasteiger partial charge in [0, 0.05) is 17.8 Å². The average Bonchev–Trinajstić information content (AvgIpc) is 2.40. The molecule has 0 aliphatic carbocycles. The van der Waals surface area contributed by atoms with E-state index < -0.39 is 11.7 Å². The van der Waals surface area contributed by atoms with E-state index in [1.165, 1.54) is 24.4 Å². The van der Waals surface area contributed by atoms with Crippen LogP contribution in [-0.2, 0) is 12.6 Å². The molecule has 1 atom stereocenters. The van der Waals surface area contributed by atoms with Crippen LogP contribution in [0.5, 0.6) is 11.6 Å². The maximum Gasteiger partial charge on any atom is 0.419 e. The van der Waals surface area contributed by atoms with Crippen molar-refractivity contribution in [3.8, 4) is 11.6 Å². The molecule has 0 fully saturated rings. The third kappa shape index (κ3) is 3.95. The molecule has 112 valence electrons. The highest BCUT2D eigenvalue weighted by atomic mass is 19.4. The van der Waals surface area contributed by atoms with Crippen LogP contribution in [0.3, 0.4) is 0 Å². The van der Waals surface area contributed by atoms with Gasteiger partial charge in [0.25, 0.3) is 0 Å². The van der Waals surface area contributed by atoms with Gasteiger partial charge in [-0.25, -0.2) is 4.98 Å². The first-order valence-corrected chi connectivity index (χ1v) is 6.41. The third-order valence-electron chi connectivity index (χ3n) is 2.79. The van der Waals surface area contributed by atoms with E-state index in [-0.39, 0.29) is 17.7 Å². The summed E-state index contributed by atoms with van der Waals surface area (Å²) >= 11 is 0. The number of para-hydroxylation sites is 1. The standard InChI is InChI=1S/C15H15F3N2O/c1-10(19)9-11-5-4-8-20-14(11)21-13-7-3-2-6-12(13)15(16,17)18/h2-8,10H,9,19H2,1H3. The number of halogens is 3. The molecule has 1 unspecified atom stereocenters. The van der Waals surface area contributed by atoms with Crippen molar-refractivity contribution in [2.45, 2.75) is 25.6 Å². The zero-order chi connectivity index (χ0) is 15.5. The molecule has 0 aliphatic heterocycles. The van der Waals surface area contributed by atoms with Gasteiger partial charge >= 0.3 is 6.18 Å². The largest absolute Gasteiger partial charge is 0.438 e. The van der Waals surface area contributed by atoms with Crippen LogP contribution in [-0.4, -0.2) is 11.0 Å². The zero-order valence-corrected chi connectivity index (χ0v) is 11.4. The Balaban J connectivity index is 2.35. The van der Waals surface area contributed by atoms with Gasteiger partial charge in [0.05, 0.1) is 5.56 Å². The number of rotatable bonds is 4. The molecule has 0 bridgehead atoms. The maximum atomic E-state index is 12.9. The summed E-state index contributed by atoms with van der Waals surface area (Å²) in [5, 5.41) is 0. The number of hydrogen-bond donors (Lipinski definition) is 1. The van der Waals surface area contributed by atoms with Gasteiger partial charge in [0.2, 0.25) is 5.88 Å². The molecule has 0 amide bonds. The van der Waals surface area contributed by atoms with Crippen molar-refractivity contribution in [3.05, 3.63) is 53.7 Å². The van der Waals surface area contributed by atoms with Gasteiger partial charge in [-0.3, -0.25) is 0 Å². The van der Waals surface area contributed by atoms with E-state index in [4.69, 9.17) is 10.5 Å². The number of hydrogen-bond acceptors (Lipinski definition) is 3. The van der Waals surface area contributed by atoms with E-state index in [1.54, 1.807) is 19.1 Å². The second-order valence-corrected chi connectivity index (χ2v) is 4.75. The number of alkyl halides is 3. The smallest absolute Gasteiger partial charge is 0.419 e. The second-order valence-electron chi connectivity index (χ2n) is 4.75. The average molecular weight is 296 g/mol. The van der Waals surface area contributed by atoms with Crippen molar-refractivity contribution < 1.29 is 17.9 Å². The van der Waals surface area contributed by atoms with Crippen LogP contribution in [0.2, 0.25) is 0 Å². The molecule has 1 aromatic carbocycles. The Bertz CT molecular complexity index is 612. The van der Waals surface area contributed by atoms with Gasteiger partial charge in [-0.2, -0.15) is 13.2 Å². The van der Waals surface area contributed by atoms with E-state index in [0.29, 0.717) is 12.0 Å². The Kier molecular flexibility index (Phi) is 4.47. The first kappa shape index (κ1) is 15.3. The molecule has 0 aliphatic rings. The normalized spacial score (nSPS) is 13.0. The summed E-state index contributed by atoms with van der Waals surface area (Å²) < 4.78 is 44.2. The van der Waals surface area contributed by atoms with E-state index in [1.807, 2.05) is 0 Å². The Labute approximate surface area is 120 Å². The van der Waals surface area contributed by atoms with Gasteiger partial charge in [-0.1, -0.05) is 18.2 Å². The second kappa shape index (κ2) is 6.13. The van der Waals surface area contributed by atoms with Crippen LogP contribution in [0.4, 0.5) is 13.2 Å². The fourth-order valence-electron chi connectivity index (χ4n) is 1.91. The molecular formula is C15H15F3N2O. The van der Waals surface area contributed by atoms with Gasteiger partial charge in [0.15, 0.2) is 0 Å². The minimum absolute atomic E-state index is 0.144. The molecule has 3 nitrogen and oxygen atoms in total. The van der Waals surface area contributed by atoms with Crippen LogP contribution in [0.15, 0.2) is 42.6 Å². The summed E-state index contributed by atoms with van der Waals surface area (Å²) in [6, 6.07) is 8.34. The van der Waals surface area contributed by atoms with Gasteiger partial charge in [-0.05, 0) is 31.5 Å². The minimum Gasteiger partial charge on any atom is -0.438 e. The van der Waals surface area contributed by atoms with Crippen LogP contribution in [0.1, 0.15) is 18.1 Å². The molecular weight excluding hydrogens is 281 g/mol. The van der Waals surface area contributed by atoms with Crippen LogP contribution in [0, 0.1) is 0 Å². The highest BCUT2D eigenvalue weighted by Gasteiger charge is 2.34. The number of nitrogens with zero attached hydrogens (tertiary/aromatic N) is 1. The topological polar surface area (TPSA) is 48.1 Å². The first-order chi connectivity index (χ1) is 9.88. The van der Waals surface area contributed by atoms with Gasteiger partial charge < -0.3 is 10.5 Å². The number of nitrogens with two attached hydrogens (primary N) is 1. The number of pyridine rings is 1. The number of aromatic nitrogens is 1. The monoisotopic (exact) mass is 296 g/mol. The summed E-state index contributed by atoms with van der Waals surface area (Å²) in [7, 11) is 0. The van der Waals surface area contributed by atoms with Crippen molar-refractivity contribution in [1.82, 2.24) is 4.98 Å². The predicted octanol–water partition coefficient (Wildman–Crippen LogP) is 3.78. The predicted molar refractivity (Wildman–Crippen MR) is 73.1 cm³/mol. The molecule has 2 aromatic rings. The van der Waals surface area contributed by atoms with Gasteiger partial charge in [-0.15, -0.1) is 0 Å². The van der Waals surface area contributed by atoms with E-state index in [0.717, 1.165) is 6.07 Å². The van der Waals surface area contributed by atoms with Crippen molar-refractivity contribution >= 4 is 0 Å². The molecule has 21 heavy (non-hydrogen) atoms. The zero-order valence-electron chi connectivity index (χ0n) is 11.4. The summed E-state index contributed by atoms with van der Waals surface area (Å²) in [5.74, 6) is -0.124. The highest BCUT2D eigenvalue weighted by molar-refractivity contribution is 5.39. The summed E-state index contributed by atoms with van der Waals surface area (Å²) in [5.41, 5.74) is 5.56. The van der Waals surface area contributed by atoms with E-state index in [2.05, 4.69) is 4.98 Å². The Morgan fingerprint density at radius 1 is 1.19 bits per heavy atom. The fourth-order valence-corrected chi connectivity index (χ4v) is 1.91. The summed E-state index contributed by atoms with van der Waals surface area (Å²) in [6.45, 7) is 1.81. The molecule has 2 N–H and O–H groups in total. The Hall–Kier alpha value is -2.08. The lowest BCUT2D eigenvalue weighted by Crippen LogP contribution is -2.18. The van der Waals surface area contributed by atoms with E-state index in [9.17, 15) is 13.2 Å². The molecule has 1 heterocycles. The van der Waals surface area contributed by atoms with Gasteiger partial charge in [0.1, 0.15) is 5.75 Å². The minimum atomic E-state index is -4.48. The van der Waals surface area contributed by atoms with E-state index >= 15 is 0 Å². The van der Waals surface area contributed by atoms with Crippen LogP contribution in [0.25, 0.3) is 0 Å². The quantitative estimate of drug-likeness (QED) is 0.934. The van der Waals surface area contributed by atoms with Crippen LogP contribution >= 0.6 is 0 Å². The molecule has 0 saturated carbocycles. The summed E-state index contributed by atoms with van der Waals surface area (Å²) in [6.07, 6.45) is -2.54. The molecule has 0 saturated heterocycles. The SMILES string of the molecule is CC(N)Cc1cccnc1Oc1ccccc1C(F)(F)F. The lowest BCUT2D eigenvalue weighted by Gasteiger charge is -2.15. The lowest BCUT2D eigenvalue weighted by molar-refractivity contribution is -0.138. The van der Waals surface area contributed by atoms with Crippen molar-refractivity contribution in [3.63, 3.8) is 0 Å². The molecule has 0 spiro atoms. The molecule has 0 radical (unpaired) electrons. The first-order valence-electron chi connectivity index (χ1n) is 6.41. The van der Waals surface area contributed by atoms with Crippen molar-refractivity contribution in [1.29, 1.82) is 0 Å². The maximum absolute atomic E-state index is 12.9. The Morgan fingerprint density at radius 3 is 2.57 bits per heavy atom. The van der Waals surface area contributed by atoms with Crippen LogP contribution < -0.4 is 10.5 Å².